The molecule has 0 aromatic heterocycles. The summed E-state index contributed by atoms with van der Waals surface area (Å²) in [5.74, 6) is 0.534. The summed E-state index contributed by atoms with van der Waals surface area (Å²) in [7, 11) is 1.61. The molecule has 0 bridgehead atoms. The van der Waals surface area contributed by atoms with E-state index >= 15 is 0 Å². The third-order valence-electron chi connectivity index (χ3n) is 3.65. The van der Waals surface area contributed by atoms with Gasteiger partial charge in [-0.25, -0.2) is 0 Å². The third kappa shape index (κ3) is 2.78. The molecule has 0 spiro atoms. The smallest absolute Gasteiger partial charge is 0.252 e. The lowest BCUT2D eigenvalue weighted by molar-refractivity contribution is 0.0963. The summed E-state index contributed by atoms with van der Waals surface area (Å²) in [5.41, 5.74) is 1.49. The van der Waals surface area contributed by atoms with E-state index in [2.05, 4.69) is 17.6 Å². The van der Waals surface area contributed by atoms with E-state index in [1.165, 1.54) is 19.3 Å². The minimum Gasteiger partial charge on any atom is -0.382 e. The first-order chi connectivity index (χ1) is 8.61. The van der Waals surface area contributed by atoms with Crippen LogP contribution in [0.2, 0.25) is 5.02 Å². The number of benzene rings is 1. The van der Waals surface area contributed by atoms with Crippen LogP contribution in [0, 0.1) is 5.92 Å². The van der Waals surface area contributed by atoms with Gasteiger partial charge in [-0.15, -0.1) is 0 Å². The van der Waals surface area contributed by atoms with Crippen molar-refractivity contribution in [3.05, 3.63) is 28.8 Å². The van der Waals surface area contributed by atoms with E-state index in [4.69, 9.17) is 11.6 Å². The lowest BCUT2D eigenvalue weighted by atomic mass is 10.1. The molecule has 2 unspecified atom stereocenters. The molecule has 0 radical (unpaired) electrons. The molecule has 1 fully saturated rings. The van der Waals surface area contributed by atoms with Crippen LogP contribution in [0.4, 0.5) is 5.69 Å². The summed E-state index contributed by atoms with van der Waals surface area (Å²) in [4.78, 5) is 11.7. The second kappa shape index (κ2) is 5.61. The number of rotatable bonds is 3. The first-order valence-electron chi connectivity index (χ1n) is 6.40. The molecule has 4 heteroatoms. The minimum atomic E-state index is -0.150. The number of carbonyl (C=O) groups is 1. The van der Waals surface area contributed by atoms with Crippen LogP contribution in [-0.4, -0.2) is 19.0 Å². The van der Waals surface area contributed by atoms with Crippen molar-refractivity contribution in [1.29, 1.82) is 0 Å². The quantitative estimate of drug-likeness (QED) is 0.881. The highest BCUT2D eigenvalue weighted by Crippen LogP contribution is 2.29. The van der Waals surface area contributed by atoms with E-state index in [-0.39, 0.29) is 5.91 Å². The van der Waals surface area contributed by atoms with E-state index in [0.717, 1.165) is 5.69 Å². The molecular formula is C14H19ClN2O. The SMILES string of the molecule is CNC(=O)c1cc(NC2CCCC2C)ccc1Cl. The second-order valence-corrected chi connectivity index (χ2v) is 5.34. The van der Waals surface area contributed by atoms with Gasteiger partial charge in [0.15, 0.2) is 0 Å². The second-order valence-electron chi connectivity index (χ2n) is 4.93. The van der Waals surface area contributed by atoms with Crippen LogP contribution in [0.25, 0.3) is 0 Å². The van der Waals surface area contributed by atoms with Crippen LogP contribution < -0.4 is 10.6 Å². The maximum Gasteiger partial charge on any atom is 0.252 e. The van der Waals surface area contributed by atoms with E-state index in [0.29, 0.717) is 22.5 Å². The Kier molecular flexibility index (Phi) is 4.12. The van der Waals surface area contributed by atoms with Crippen molar-refractivity contribution in [2.75, 3.05) is 12.4 Å². The predicted octanol–water partition coefficient (Wildman–Crippen LogP) is 3.30. The largest absolute Gasteiger partial charge is 0.382 e. The third-order valence-corrected chi connectivity index (χ3v) is 3.98. The highest BCUT2D eigenvalue weighted by Gasteiger charge is 2.23. The molecule has 1 aliphatic rings. The zero-order chi connectivity index (χ0) is 13.1. The Balaban J connectivity index is 2.16. The van der Waals surface area contributed by atoms with Crippen LogP contribution in [0.1, 0.15) is 36.5 Å². The topological polar surface area (TPSA) is 41.1 Å². The van der Waals surface area contributed by atoms with E-state index in [1.54, 1.807) is 13.1 Å². The summed E-state index contributed by atoms with van der Waals surface area (Å²) >= 11 is 6.03. The molecule has 2 atom stereocenters. The Bertz CT molecular complexity index is 447. The molecule has 1 aliphatic carbocycles. The molecule has 0 saturated heterocycles. The monoisotopic (exact) mass is 266 g/mol. The zero-order valence-corrected chi connectivity index (χ0v) is 11.6. The van der Waals surface area contributed by atoms with Crippen molar-refractivity contribution in [3.8, 4) is 0 Å². The minimum absolute atomic E-state index is 0.150. The Morgan fingerprint density at radius 2 is 2.17 bits per heavy atom. The summed E-state index contributed by atoms with van der Waals surface area (Å²) in [6, 6.07) is 6.03. The molecule has 1 aromatic rings. The van der Waals surface area contributed by atoms with E-state index in [1.807, 2.05) is 12.1 Å². The Morgan fingerprint density at radius 1 is 1.39 bits per heavy atom. The highest BCUT2D eigenvalue weighted by atomic mass is 35.5. The van der Waals surface area contributed by atoms with Gasteiger partial charge in [-0.1, -0.05) is 24.9 Å². The van der Waals surface area contributed by atoms with Gasteiger partial charge in [-0.05, 0) is 37.0 Å². The standard InChI is InChI=1S/C14H19ClN2O/c1-9-4-3-5-13(9)17-10-6-7-12(15)11(8-10)14(18)16-2/h6-9,13,17H,3-5H2,1-2H3,(H,16,18). The first-order valence-corrected chi connectivity index (χ1v) is 6.77. The van der Waals surface area contributed by atoms with Crippen LogP contribution in [0.15, 0.2) is 18.2 Å². The number of amides is 1. The lowest BCUT2D eigenvalue weighted by Crippen LogP contribution is -2.23. The zero-order valence-electron chi connectivity index (χ0n) is 10.8. The van der Waals surface area contributed by atoms with Crippen molar-refractivity contribution < 1.29 is 4.79 Å². The van der Waals surface area contributed by atoms with Crippen molar-refractivity contribution >= 4 is 23.2 Å². The molecular weight excluding hydrogens is 248 g/mol. The molecule has 1 amide bonds. The molecule has 2 rings (SSSR count). The number of anilines is 1. The number of carbonyl (C=O) groups excluding carboxylic acids is 1. The fourth-order valence-electron chi connectivity index (χ4n) is 2.50. The van der Waals surface area contributed by atoms with Gasteiger partial charge in [-0.2, -0.15) is 0 Å². The molecule has 0 heterocycles. The van der Waals surface area contributed by atoms with Gasteiger partial charge in [0.25, 0.3) is 5.91 Å². The van der Waals surface area contributed by atoms with Gasteiger partial charge >= 0.3 is 0 Å². The molecule has 0 aliphatic heterocycles. The van der Waals surface area contributed by atoms with Crippen molar-refractivity contribution in [2.24, 2.45) is 5.92 Å². The average molecular weight is 267 g/mol. The molecule has 18 heavy (non-hydrogen) atoms. The maximum absolute atomic E-state index is 11.7. The van der Waals surface area contributed by atoms with Gasteiger partial charge in [0.05, 0.1) is 10.6 Å². The number of hydrogen-bond donors (Lipinski definition) is 2. The number of halogens is 1. The van der Waals surface area contributed by atoms with Gasteiger partial charge < -0.3 is 10.6 Å². The molecule has 98 valence electrons. The van der Waals surface area contributed by atoms with Gasteiger partial charge in [0.1, 0.15) is 0 Å². The van der Waals surface area contributed by atoms with Gasteiger partial charge in [0, 0.05) is 18.8 Å². The molecule has 1 saturated carbocycles. The Hall–Kier alpha value is -1.22. The number of hydrogen-bond acceptors (Lipinski definition) is 2. The summed E-state index contributed by atoms with van der Waals surface area (Å²) in [6.07, 6.45) is 3.74. The van der Waals surface area contributed by atoms with Crippen LogP contribution >= 0.6 is 11.6 Å². The summed E-state index contributed by atoms with van der Waals surface area (Å²) in [5, 5.41) is 6.58. The average Bonchev–Trinajstić information content (AvgIpc) is 2.76. The fourth-order valence-corrected chi connectivity index (χ4v) is 2.70. The predicted molar refractivity (Wildman–Crippen MR) is 75.3 cm³/mol. The van der Waals surface area contributed by atoms with Crippen LogP contribution in [0.3, 0.4) is 0 Å². The molecule has 3 nitrogen and oxygen atoms in total. The molecule has 2 N–H and O–H groups in total. The van der Waals surface area contributed by atoms with Crippen LogP contribution in [-0.2, 0) is 0 Å². The maximum atomic E-state index is 11.7. The van der Waals surface area contributed by atoms with E-state index in [9.17, 15) is 4.79 Å². The highest BCUT2D eigenvalue weighted by molar-refractivity contribution is 6.34. The first kappa shape index (κ1) is 13.2. The lowest BCUT2D eigenvalue weighted by Gasteiger charge is -2.19. The Morgan fingerprint density at radius 3 is 2.78 bits per heavy atom. The van der Waals surface area contributed by atoms with Crippen molar-refractivity contribution in [2.45, 2.75) is 32.2 Å². The summed E-state index contributed by atoms with van der Waals surface area (Å²) in [6.45, 7) is 2.26. The summed E-state index contributed by atoms with van der Waals surface area (Å²) < 4.78 is 0. The number of nitrogens with one attached hydrogen (secondary N) is 2. The van der Waals surface area contributed by atoms with Gasteiger partial charge in [-0.3, -0.25) is 4.79 Å². The van der Waals surface area contributed by atoms with Crippen LogP contribution in [0.5, 0.6) is 0 Å². The Labute approximate surface area is 113 Å². The van der Waals surface area contributed by atoms with Gasteiger partial charge in [0.2, 0.25) is 0 Å². The van der Waals surface area contributed by atoms with E-state index < -0.39 is 0 Å². The normalized spacial score (nSPS) is 22.8. The van der Waals surface area contributed by atoms with Crippen molar-refractivity contribution in [3.63, 3.8) is 0 Å². The van der Waals surface area contributed by atoms with Crippen molar-refractivity contribution in [1.82, 2.24) is 5.32 Å². The molecule has 1 aromatic carbocycles. The fraction of sp³-hybridized carbons (Fsp3) is 0.500.